The van der Waals surface area contributed by atoms with Gasteiger partial charge in [0.1, 0.15) is 0 Å². The Morgan fingerprint density at radius 3 is 2.53 bits per heavy atom. The van der Waals surface area contributed by atoms with Gasteiger partial charge >= 0.3 is 0 Å². The van der Waals surface area contributed by atoms with Crippen LogP contribution in [0.15, 0.2) is 18.2 Å². The third kappa shape index (κ3) is 3.58. The van der Waals surface area contributed by atoms with Crippen molar-refractivity contribution < 1.29 is 13.6 Å². The molecule has 1 rings (SSSR count). The van der Waals surface area contributed by atoms with Crippen LogP contribution in [0.25, 0.3) is 0 Å². The Kier molecular flexibility index (Phi) is 5.13. The van der Waals surface area contributed by atoms with Crippen LogP contribution < -0.4 is 0 Å². The topological polar surface area (TPSA) is 44.1 Å². The number of hydrogen-bond donors (Lipinski definition) is 0. The maximum atomic E-state index is 13.1. The van der Waals surface area contributed by atoms with E-state index in [0.29, 0.717) is 6.42 Å². The lowest BCUT2D eigenvalue weighted by atomic mass is 10.0. The molecule has 0 aromatic heterocycles. The van der Waals surface area contributed by atoms with Gasteiger partial charge in [-0.15, -0.1) is 0 Å². The van der Waals surface area contributed by atoms with Crippen molar-refractivity contribution >= 4 is 5.78 Å². The van der Waals surface area contributed by atoms with Gasteiger partial charge in [0.25, 0.3) is 0 Å². The van der Waals surface area contributed by atoms with E-state index < -0.39 is 17.7 Å². The Morgan fingerprint density at radius 1 is 1.37 bits per heavy atom. The Balaban J connectivity index is 2.87. The first-order valence-electron chi connectivity index (χ1n) is 5.96. The molecule has 2 unspecified atom stereocenters. The molecule has 0 heterocycles. The van der Waals surface area contributed by atoms with Crippen LogP contribution in [-0.2, 0) is 0 Å². The fourth-order valence-electron chi connectivity index (χ4n) is 1.73. The molecule has 0 amide bonds. The molecule has 3 nitrogen and oxygen atoms in total. The van der Waals surface area contributed by atoms with E-state index in [1.54, 1.807) is 18.9 Å². The minimum atomic E-state index is -1.04. The normalized spacial score (nSPS) is 13.9. The molecule has 0 saturated carbocycles. The van der Waals surface area contributed by atoms with Gasteiger partial charge in [0.2, 0.25) is 0 Å². The van der Waals surface area contributed by atoms with Gasteiger partial charge in [0.05, 0.1) is 18.5 Å². The van der Waals surface area contributed by atoms with Crippen LogP contribution in [0.3, 0.4) is 0 Å². The quantitative estimate of drug-likeness (QED) is 0.770. The summed E-state index contributed by atoms with van der Waals surface area (Å²) in [5.41, 5.74) is 0.127. The number of halogens is 2. The highest BCUT2D eigenvalue weighted by atomic mass is 19.2. The van der Waals surface area contributed by atoms with Gasteiger partial charge in [0, 0.05) is 11.6 Å². The molecule has 0 saturated heterocycles. The fraction of sp³-hybridized carbons (Fsp3) is 0.429. The molecule has 5 heteroatoms. The molecule has 0 aliphatic rings. The van der Waals surface area contributed by atoms with Crippen molar-refractivity contribution in [3.63, 3.8) is 0 Å². The van der Waals surface area contributed by atoms with Gasteiger partial charge in [-0.25, -0.2) is 8.78 Å². The number of Topliss-reactive ketones (excluding diaryl/α,β-unsaturated/α-hetero) is 1. The first-order valence-corrected chi connectivity index (χ1v) is 5.96. The minimum absolute atomic E-state index is 0.0887. The summed E-state index contributed by atoms with van der Waals surface area (Å²) in [6, 6.07) is 4.54. The number of nitriles is 1. The Bertz CT molecular complexity index is 511. The van der Waals surface area contributed by atoms with Crippen molar-refractivity contribution in [2.24, 2.45) is 0 Å². The van der Waals surface area contributed by atoms with Crippen molar-refractivity contribution in [1.29, 1.82) is 5.26 Å². The number of hydrogen-bond acceptors (Lipinski definition) is 3. The largest absolute Gasteiger partial charge is 0.293 e. The third-order valence-corrected chi connectivity index (χ3v) is 3.28. The first-order chi connectivity index (χ1) is 8.88. The Hall–Kier alpha value is -1.80. The smallest absolute Gasteiger partial charge is 0.179 e. The van der Waals surface area contributed by atoms with Crippen LogP contribution in [0.2, 0.25) is 0 Å². The number of ketones is 1. The van der Waals surface area contributed by atoms with Gasteiger partial charge in [-0.1, -0.05) is 0 Å². The highest BCUT2D eigenvalue weighted by Gasteiger charge is 2.23. The van der Waals surface area contributed by atoms with Crippen LogP contribution >= 0.6 is 0 Å². The van der Waals surface area contributed by atoms with Gasteiger partial charge in [0.15, 0.2) is 17.4 Å². The van der Waals surface area contributed by atoms with Crippen LogP contribution in [0.1, 0.15) is 30.6 Å². The molecular formula is C14H16F2N2O. The van der Waals surface area contributed by atoms with E-state index in [1.807, 2.05) is 13.0 Å². The van der Waals surface area contributed by atoms with E-state index in [0.717, 1.165) is 12.1 Å². The maximum absolute atomic E-state index is 13.1. The highest BCUT2D eigenvalue weighted by Crippen LogP contribution is 2.14. The summed E-state index contributed by atoms with van der Waals surface area (Å²) in [7, 11) is 1.73. The van der Waals surface area contributed by atoms with E-state index in [9.17, 15) is 13.6 Å². The number of likely N-dealkylation sites (N-methyl/N-ethyl adjacent to an activating group) is 1. The second-order valence-electron chi connectivity index (χ2n) is 4.55. The maximum Gasteiger partial charge on any atom is 0.179 e. The average Bonchev–Trinajstić information content (AvgIpc) is 2.39. The molecule has 1 aromatic carbocycles. The second kappa shape index (κ2) is 6.39. The van der Waals surface area contributed by atoms with Crippen LogP contribution in [0, 0.1) is 23.0 Å². The highest BCUT2D eigenvalue weighted by molar-refractivity contribution is 5.99. The molecule has 0 N–H and O–H groups in total. The molecule has 0 bridgehead atoms. The van der Waals surface area contributed by atoms with Gasteiger partial charge in [-0.05, 0) is 39.1 Å². The molecule has 0 aliphatic heterocycles. The van der Waals surface area contributed by atoms with Crippen molar-refractivity contribution in [2.75, 3.05) is 7.05 Å². The van der Waals surface area contributed by atoms with Crippen LogP contribution in [0.4, 0.5) is 8.78 Å². The van der Waals surface area contributed by atoms with E-state index >= 15 is 0 Å². The average molecular weight is 266 g/mol. The predicted molar refractivity (Wildman–Crippen MR) is 67.6 cm³/mol. The first kappa shape index (κ1) is 15.3. The molecule has 102 valence electrons. The molecule has 0 fully saturated rings. The van der Waals surface area contributed by atoms with Gasteiger partial charge < -0.3 is 0 Å². The monoisotopic (exact) mass is 266 g/mol. The summed E-state index contributed by atoms with van der Waals surface area (Å²) < 4.78 is 25.9. The lowest BCUT2D eigenvalue weighted by molar-refractivity contribution is 0.0828. The third-order valence-electron chi connectivity index (χ3n) is 3.28. The lowest BCUT2D eigenvalue weighted by Crippen LogP contribution is -2.41. The van der Waals surface area contributed by atoms with E-state index in [4.69, 9.17) is 5.26 Å². The van der Waals surface area contributed by atoms with Crippen LogP contribution in [-0.4, -0.2) is 29.8 Å². The van der Waals surface area contributed by atoms with E-state index in [1.165, 1.54) is 6.07 Å². The minimum Gasteiger partial charge on any atom is -0.293 e. The van der Waals surface area contributed by atoms with Crippen molar-refractivity contribution in [3.8, 4) is 6.07 Å². The fourth-order valence-corrected chi connectivity index (χ4v) is 1.73. The Labute approximate surface area is 111 Å². The molecule has 1 aromatic rings. The van der Waals surface area contributed by atoms with Gasteiger partial charge in [-0.3, -0.25) is 9.69 Å². The van der Waals surface area contributed by atoms with Crippen molar-refractivity contribution in [3.05, 3.63) is 35.4 Å². The molecule has 2 atom stereocenters. The molecule has 0 spiro atoms. The molecule has 0 radical (unpaired) electrons. The number of rotatable bonds is 5. The standard InChI is InChI=1S/C14H16F2N2O/c1-9(6-7-17)18(3)10(2)14(19)11-4-5-12(15)13(16)8-11/h4-5,8-10H,6H2,1-3H3. The summed E-state index contributed by atoms with van der Waals surface area (Å²) in [6.07, 6.45) is 0.298. The molecule has 19 heavy (non-hydrogen) atoms. The lowest BCUT2D eigenvalue weighted by Gasteiger charge is -2.28. The summed E-state index contributed by atoms with van der Waals surface area (Å²) >= 11 is 0. The van der Waals surface area contributed by atoms with Crippen molar-refractivity contribution in [1.82, 2.24) is 4.90 Å². The summed E-state index contributed by atoms with van der Waals surface area (Å²) in [5, 5.41) is 8.64. The van der Waals surface area contributed by atoms with Gasteiger partial charge in [-0.2, -0.15) is 5.26 Å². The zero-order valence-corrected chi connectivity index (χ0v) is 11.2. The van der Waals surface area contributed by atoms with E-state index in [2.05, 4.69) is 0 Å². The number of benzene rings is 1. The molecular weight excluding hydrogens is 250 g/mol. The summed E-state index contributed by atoms with van der Waals surface area (Å²) in [4.78, 5) is 13.9. The van der Waals surface area contributed by atoms with E-state index in [-0.39, 0.29) is 17.4 Å². The number of carbonyl (C=O) groups excluding carboxylic acids is 1. The zero-order chi connectivity index (χ0) is 14.6. The summed E-state index contributed by atoms with van der Waals surface area (Å²) in [5.74, 6) is -2.31. The second-order valence-corrected chi connectivity index (χ2v) is 4.55. The summed E-state index contributed by atoms with van der Waals surface area (Å²) in [6.45, 7) is 3.51. The zero-order valence-electron chi connectivity index (χ0n) is 11.2. The number of carbonyl (C=O) groups is 1. The number of nitrogens with zero attached hydrogens (tertiary/aromatic N) is 2. The Morgan fingerprint density at radius 2 is 2.00 bits per heavy atom. The molecule has 0 aliphatic carbocycles. The SMILES string of the molecule is CC(CC#N)N(C)C(C)C(=O)c1ccc(F)c(F)c1. The predicted octanol–water partition coefficient (Wildman–Crippen LogP) is 2.77. The van der Waals surface area contributed by atoms with Crippen molar-refractivity contribution in [2.45, 2.75) is 32.4 Å². The van der Waals surface area contributed by atoms with Crippen LogP contribution in [0.5, 0.6) is 0 Å².